The number of likely N-dealkylation sites (N-methyl/N-ethyl adjacent to an activating group) is 1. The zero-order valence-corrected chi connectivity index (χ0v) is 18.7. The van der Waals surface area contributed by atoms with Gasteiger partial charge in [0.05, 0.1) is 6.04 Å². The van der Waals surface area contributed by atoms with E-state index < -0.39 is 0 Å². The molecule has 1 aliphatic heterocycles. The second kappa shape index (κ2) is 10.4. The summed E-state index contributed by atoms with van der Waals surface area (Å²) in [6.45, 7) is 5.68. The number of amides is 1. The third kappa shape index (κ3) is 5.31. The smallest absolute Gasteiger partial charge is 0.239 e. The molecule has 1 unspecified atom stereocenters. The largest absolute Gasteiger partial charge is 0.361 e. The molecule has 0 saturated carbocycles. The first-order chi connectivity index (χ1) is 15.6. The van der Waals surface area contributed by atoms with Crippen molar-refractivity contribution in [2.24, 2.45) is 0 Å². The first-order valence-electron chi connectivity index (χ1n) is 11.1. The molecule has 1 amide bonds. The Kier molecular flexibility index (Phi) is 7.11. The highest BCUT2D eigenvalue weighted by atomic mass is 16.5. The second-order valence-electron chi connectivity index (χ2n) is 8.17. The van der Waals surface area contributed by atoms with Crippen LogP contribution in [0.5, 0.6) is 0 Å². The van der Waals surface area contributed by atoms with Crippen LogP contribution in [0.3, 0.4) is 0 Å². The van der Waals surface area contributed by atoms with E-state index in [9.17, 15) is 4.79 Å². The van der Waals surface area contributed by atoms with Gasteiger partial charge in [0, 0.05) is 56.6 Å². The van der Waals surface area contributed by atoms with Crippen LogP contribution in [0, 0.1) is 0 Å². The number of carbonyl (C=O) groups is 1. The van der Waals surface area contributed by atoms with Crippen LogP contribution in [0.25, 0.3) is 11.3 Å². The number of aryl methyl sites for hydroxylation is 1. The van der Waals surface area contributed by atoms with E-state index in [1.54, 1.807) is 12.4 Å². The molecule has 1 aromatic carbocycles. The Labute approximate surface area is 188 Å². The normalized spacial score (nSPS) is 15.2. The van der Waals surface area contributed by atoms with Crippen LogP contribution in [0.1, 0.15) is 19.1 Å². The summed E-state index contributed by atoms with van der Waals surface area (Å²) in [5.41, 5.74) is 1.91. The molecule has 1 saturated heterocycles. The molecule has 8 heteroatoms. The van der Waals surface area contributed by atoms with E-state index in [0.717, 1.165) is 55.4 Å². The van der Waals surface area contributed by atoms with Crippen LogP contribution in [0.2, 0.25) is 0 Å². The lowest BCUT2D eigenvalue weighted by molar-refractivity contribution is -0.136. The SMILES string of the molecule is CC(C(=O)N1CCN(c2ncccn2)CC1)N(C)CCCc1cc(-c2ccccc2)no1. The average Bonchev–Trinajstić information content (AvgIpc) is 3.33. The quantitative estimate of drug-likeness (QED) is 0.539. The van der Waals surface area contributed by atoms with Crippen LogP contribution in [0.15, 0.2) is 59.4 Å². The van der Waals surface area contributed by atoms with Crippen molar-refractivity contribution in [3.63, 3.8) is 0 Å². The molecule has 0 spiro atoms. The number of hydrogen-bond donors (Lipinski definition) is 0. The fraction of sp³-hybridized carbons (Fsp3) is 0.417. The van der Waals surface area contributed by atoms with Crippen molar-refractivity contribution in [3.8, 4) is 11.3 Å². The monoisotopic (exact) mass is 434 g/mol. The van der Waals surface area contributed by atoms with E-state index in [1.165, 1.54) is 0 Å². The molecular weight excluding hydrogens is 404 g/mol. The minimum absolute atomic E-state index is 0.163. The molecule has 8 nitrogen and oxygen atoms in total. The van der Waals surface area contributed by atoms with E-state index in [4.69, 9.17) is 4.52 Å². The Morgan fingerprint density at radius 3 is 2.53 bits per heavy atom. The van der Waals surface area contributed by atoms with Crippen LogP contribution in [0.4, 0.5) is 5.95 Å². The summed E-state index contributed by atoms with van der Waals surface area (Å²) in [5, 5.41) is 4.17. The fourth-order valence-corrected chi connectivity index (χ4v) is 3.91. The molecular formula is C24H30N6O2. The summed E-state index contributed by atoms with van der Waals surface area (Å²) >= 11 is 0. The molecule has 0 N–H and O–H groups in total. The van der Waals surface area contributed by atoms with Gasteiger partial charge in [-0.1, -0.05) is 35.5 Å². The number of carbonyl (C=O) groups excluding carboxylic acids is 1. The molecule has 1 atom stereocenters. The Hall–Kier alpha value is -3.26. The predicted molar refractivity (Wildman–Crippen MR) is 123 cm³/mol. The number of piperazine rings is 1. The van der Waals surface area contributed by atoms with Crippen molar-refractivity contribution in [3.05, 3.63) is 60.6 Å². The molecule has 1 fully saturated rings. The molecule has 32 heavy (non-hydrogen) atoms. The van der Waals surface area contributed by atoms with Gasteiger partial charge in [0.1, 0.15) is 11.5 Å². The van der Waals surface area contributed by atoms with Gasteiger partial charge in [0.15, 0.2) is 0 Å². The van der Waals surface area contributed by atoms with E-state index in [-0.39, 0.29) is 11.9 Å². The van der Waals surface area contributed by atoms with Crippen LogP contribution < -0.4 is 4.90 Å². The highest BCUT2D eigenvalue weighted by molar-refractivity contribution is 5.81. The highest BCUT2D eigenvalue weighted by Gasteiger charge is 2.27. The number of benzene rings is 1. The lowest BCUT2D eigenvalue weighted by atomic mass is 10.1. The molecule has 0 radical (unpaired) electrons. The maximum atomic E-state index is 13.0. The van der Waals surface area contributed by atoms with Gasteiger partial charge < -0.3 is 14.3 Å². The number of nitrogens with zero attached hydrogens (tertiary/aromatic N) is 6. The maximum absolute atomic E-state index is 13.0. The summed E-state index contributed by atoms with van der Waals surface area (Å²) in [6, 6.07) is 13.7. The maximum Gasteiger partial charge on any atom is 0.239 e. The zero-order valence-electron chi connectivity index (χ0n) is 18.7. The topological polar surface area (TPSA) is 78.6 Å². The fourth-order valence-electron chi connectivity index (χ4n) is 3.91. The highest BCUT2D eigenvalue weighted by Crippen LogP contribution is 2.19. The van der Waals surface area contributed by atoms with Crippen molar-refractivity contribution in [1.29, 1.82) is 0 Å². The van der Waals surface area contributed by atoms with E-state index in [1.807, 2.05) is 61.3 Å². The van der Waals surface area contributed by atoms with Gasteiger partial charge in [-0.15, -0.1) is 0 Å². The minimum atomic E-state index is -0.163. The molecule has 0 aliphatic carbocycles. The Balaban J connectivity index is 1.21. The van der Waals surface area contributed by atoms with Crippen LogP contribution in [-0.2, 0) is 11.2 Å². The first-order valence-corrected chi connectivity index (χ1v) is 11.1. The van der Waals surface area contributed by atoms with Gasteiger partial charge in [-0.3, -0.25) is 9.69 Å². The first kappa shape index (κ1) is 22.0. The van der Waals surface area contributed by atoms with Crippen molar-refractivity contribution in [2.45, 2.75) is 25.8 Å². The van der Waals surface area contributed by atoms with Crippen molar-refractivity contribution >= 4 is 11.9 Å². The minimum Gasteiger partial charge on any atom is -0.361 e. The van der Waals surface area contributed by atoms with Gasteiger partial charge >= 0.3 is 0 Å². The summed E-state index contributed by atoms with van der Waals surface area (Å²) < 4.78 is 5.49. The number of anilines is 1. The Bertz CT molecular complexity index is 986. The second-order valence-corrected chi connectivity index (χ2v) is 8.17. The molecule has 4 rings (SSSR count). The van der Waals surface area contributed by atoms with Gasteiger partial charge in [0.2, 0.25) is 11.9 Å². The van der Waals surface area contributed by atoms with Gasteiger partial charge in [0.25, 0.3) is 0 Å². The van der Waals surface area contributed by atoms with E-state index >= 15 is 0 Å². The van der Waals surface area contributed by atoms with Crippen molar-refractivity contribution < 1.29 is 9.32 Å². The number of rotatable bonds is 8. The molecule has 3 heterocycles. The van der Waals surface area contributed by atoms with E-state index in [2.05, 4.69) is 24.9 Å². The molecule has 2 aromatic heterocycles. The lowest BCUT2D eigenvalue weighted by Crippen LogP contribution is -2.54. The zero-order chi connectivity index (χ0) is 22.3. The molecule has 1 aliphatic rings. The van der Waals surface area contributed by atoms with Crippen molar-refractivity contribution in [2.75, 3.05) is 44.7 Å². The Morgan fingerprint density at radius 1 is 1.09 bits per heavy atom. The summed E-state index contributed by atoms with van der Waals surface area (Å²) in [5.74, 6) is 1.77. The van der Waals surface area contributed by atoms with Crippen molar-refractivity contribution in [1.82, 2.24) is 24.9 Å². The standard InChI is InChI=1S/C24H30N6O2/c1-19(23(31)29-14-16-30(17-15-29)24-25-11-7-12-26-24)28(2)13-6-10-21-18-22(27-32-21)20-8-4-3-5-9-20/h3-5,7-9,11-12,18-19H,6,10,13-17H2,1-2H3. The molecule has 0 bridgehead atoms. The average molecular weight is 435 g/mol. The van der Waals surface area contributed by atoms with Gasteiger partial charge in [-0.05, 0) is 33.0 Å². The van der Waals surface area contributed by atoms with E-state index in [0.29, 0.717) is 13.1 Å². The summed E-state index contributed by atoms with van der Waals surface area (Å²) in [6.07, 6.45) is 5.19. The van der Waals surface area contributed by atoms with Crippen LogP contribution >= 0.6 is 0 Å². The Morgan fingerprint density at radius 2 is 1.81 bits per heavy atom. The van der Waals surface area contributed by atoms with Gasteiger partial charge in [-0.25, -0.2) is 9.97 Å². The third-order valence-electron chi connectivity index (χ3n) is 6.01. The van der Waals surface area contributed by atoms with Crippen LogP contribution in [-0.4, -0.2) is 76.6 Å². The third-order valence-corrected chi connectivity index (χ3v) is 6.01. The number of aromatic nitrogens is 3. The molecule has 3 aromatic rings. The molecule has 168 valence electrons. The summed E-state index contributed by atoms with van der Waals surface area (Å²) in [7, 11) is 2.01. The summed E-state index contributed by atoms with van der Waals surface area (Å²) in [4.78, 5) is 27.8. The lowest BCUT2D eigenvalue weighted by Gasteiger charge is -2.37. The van der Waals surface area contributed by atoms with Gasteiger partial charge in [-0.2, -0.15) is 0 Å². The number of hydrogen-bond acceptors (Lipinski definition) is 7. The predicted octanol–water partition coefficient (Wildman–Crippen LogP) is 2.73.